The van der Waals surface area contributed by atoms with Gasteiger partial charge in [-0.1, -0.05) is 53.3 Å². The first kappa shape index (κ1) is 14.6. The second kappa shape index (κ2) is 7.70. The maximum absolute atomic E-state index is 4.58. The Kier molecular flexibility index (Phi) is 5.62. The molecule has 0 saturated heterocycles. The molecule has 0 heterocycles. The molecule has 1 N–H and O–H groups in total. The van der Waals surface area contributed by atoms with Crippen LogP contribution in [-0.4, -0.2) is 6.54 Å². The summed E-state index contributed by atoms with van der Waals surface area (Å²) in [5, 5.41) is 8.30. The zero-order valence-corrected chi connectivity index (χ0v) is 12.4. The van der Waals surface area contributed by atoms with Gasteiger partial charge >= 0.3 is 0 Å². The quantitative estimate of drug-likeness (QED) is 0.445. The minimum atomic E-state index is 0.203. The van der Waals surface area contributed by atoms with E-state index in [0.29, 0.717) is 6.54 Å². The van der Waals surface area contributed by atoms with Gasteiger partial charge < -0.3 is 0 Å². The highest BCUT2D eigenvalue weighted by Gasteiger charge is 2.04. The summed E-state index contributed by atoms with van der Waals surface area (Å²) in [6.07, 6.45) is 0.867. The van der Waals surface area contributed by atoms with Gasteiger partial charge in [0.05, 0.1) is 12.2 Å². The molecule has 3 nitrogen and oxygen atoms in total. The maximum Gasteiger partial charge on any atom is 0.0634 e. The molecule has 2 rings (SSSR count). The molecule has 1 unspecified atom stereocenters. The summed E-state index contributed by atoms with van der Waals surface area (Å²) in [5.74, 6) is 0. The number of hydrogen-bond acceptors (Lipinski definition) is 3. The molecule has 0 fully saturated rings. The van der Waals surface area contributed by atoms with Crippen LogP contribution in [0.3, 0.4) is 0 Å². The first-order valence-electron chi connectivity index (χ1n) is 6.68. The smallest absolute Gasteiger partial charge is 0.0634 e. The van der Waals surface area contributed by atoms with Gasteiger partial charge in [0, 0.05) is 5.25 Å². The number of benzene rings is 2. The molecule has 2 aromatic carbocycles. The minimum Gasteiger partial charge on any atom is -0.260 e. The van der Waals surface area contributed by atoms with Crippen molar-refractivity contribution in [2.24, 2.45) is 10.3 Å². The first-order valence-corrected chi connectivity index (χ1v) is 7.19. The molecule has 0 aliphatic heterocycles. The third-order valence-corrected chi connectivity index (χ3v) is 3.54. The van der Waals surface area contributed by atoms with Gasteiger partial charge in [0.2, 0.25) is 0 Å². The molecular formula is C16H19N3S. The van der Waals surface area contributed by atoms with Crippen molar-refractivity contribution in [3.8, 4) is 0 Å². The number of nitrogens with zero attached hydrogens (tertiary/aromatic N) is 2. The molecule has 0 aliphatic carbocycles. The standard InChI is InChI=1S/C16H19N3S/c1-13-7-9-15(10-8-13)18-19-17-12-11-16(20)14-5-3-2-4-6-14/h2-10,16,20H,11-12H2,1H3,(H,17,18). The lowest BCUT2D eigenvalue weighted by atomic mass is 10.1. The van der Waals surface area contributed by atoms with Crippen LogP contribution in [0.5, 0.6) is 0 Å². The normalized spacial score (nSPS) is 12.5. The van der Waals surface area contributed by atoms with Crippen molar-refractivity contribution < 1.29 is 0 Å². The van der Waals surface area contributed by atoms with Crippen LogP contribution in [0.1, 0.15) is 22.8 Å². The predicted molar refractivity (Wildman–Crippen MR) is 87.3 cm³/mol. The molecule has 0 bridgehead atoms. The van der Waals surface area contributed by atoms with E-state index in [1.54, 1.807) is 0 Å². The van der Waals surface area contributed by atoms with E-state index in [1.165, 1.54) is 11.1 Å². The van der Waals surface area contributed by atoms with Crippen LogP contribution in [0, 0.1) is 6.92 Å². The first-order chi connectivity index (χ1) is 9.75. The van der Waals surface area contributed by atoms with Gasteiger partial charge in [0.15, 0.2) is 0 Å². The average Bonchev–Trinajstić information content (AvgIpc) is 2.49. The minimum absolute atomic E-state index is 0.203. The molecule has 0 spiro atoms. The van der Waals surface area contributed by atoms with E-state index in [-0.39, 0.29) is 5.25 Å². The Morgan fingerprint density at radius 1 is 1.05 bits per heavy atom. The third kappa shape index (κ3) is 4.70. The van der Waals surface area contributed by atoms with Crippen LogP contribution in [0.4, 0.5) is 5.69 Å². The lowest BCUT2D eigenvalue weighted by Crippen LogP contribution is -1.93. The maximum atomic E-state index is 4.58. The fraction of sp³-hybridized carbons (Fsp3) is 0.250. The fourth-order valence-electron chi connectivity index (χ4n) is 1.79. The number of nitrogens with one attached hydrogen (secondary N) is 1. The van der Waals surface area contributed by atoms with Crippen molar-refractivity contribution in [2.45, 2.75) is 18.6 Å². The van der Waals surface area contributed by atoms with Crippen molar-refractivity contribution in [3.63, 3.8) is 0 Å². The summed E-state index contributed by atoms with van der Waals surface area (Å²) < 4.78 is 0. The molecular weight excluding hydrogens is 266 g/mol. The Morgan fingerprint density at radius 3 is 2.45 bits per heavy atom. The predicted octanol–water partition coefficient (Wildman–Crippen LogP) is 4.84. The number of hydrogen-bond donors (Lipinski definition) is 2. The molecule has 0 amide bonds. The van der Waals surface area contributed by atoms with Crippen molar-refractivity contribution in [1.29, 1.82) is 0 Å². The second-order valence-electron chi connectivity index (χ2n) is 4.66. The van der Waals surface area contributed by atoms with Crippen LogP contribution in [0.25, 0.3) is 0 Å². The van der Waals surface area contributed by atoms with E-state index in [1.807, 2.05) is 42.5 Å². The van der Waals surface area contributed by atoms with E-state index in [2.05, 4.69) is 47.4 Å². The van der Waals surface area contributed by atoms with Gasteiger partial charge in [-0.05, 0) is 31.0 Å². The molecule has 4 heteroatoms. The van der Waals surface area contributed by atoms with E-state index < -0.39 is 0 Å². The highest BCUT2D eigenvalue weighted by atomic mass is 32.1. The van der Waals surface area contributed by atoms with Crippen LogP contribution >= 0.6 is 12.6 Å². The number of aryl methyl sites for hydroxylation is 1. The molecule has 20 heavy (non-hydrogen) atoms. The van der Waals surface area contributed by atoms with Crippen molar-refractivity contribution >= 4 is 18.3 Å². The van der Waals surface area contributed by atoms with E-state index in [9.17, 15) is 0 Å². The van der Waals surface area contributed by atoms with Gasteiger partial charge in [-0.3, -0.25) is 5.43 Å². The SMILES string of the molecule is Cc1ccc(NN=NCCC(S)c2ccccc2)cc1. The number of anilines is 1. The molecule has 0 aliphatic rings. The largest absolute Gasteiger partial charge is 0.260 e. The topological polar surface area (TPSA) is 36.8 Å². The molecule has 0 radical (unpaired) electrons. The summed E-state index contributed by atoms with van der Waals surface area (Å²) in [7, 11) is 0. The summed E-state index contributed by atoms with van der Waals surface area (Å²) in [4.78, 5) is 0. The zero-order chi connectivity index (χ0) is 14.2. The summed E-state index contributed by atoms with van der Waals surface area (Å²) in [6.45, 7) is 2.71. The highest BCUT2D eigenvalue weighted by molar-refractivity contribution is 7.80. The van der Waals surface area contributed by atoms with Gasteiger partial charge in [-0.15, -0.1) is 0 Å². The van der Waals surface area contributed by atoms with Crippen molar-refractivity contribution in [3.05, 3.63) is 65.7 Å². The fourth-order valence-corrected chi connectivity index (χ4v) is 2.08. The molecule has 1 atom stereocenters. The van der Waals surface area contributed by atoms with Crippen molar-refractivity contribution in [2.75, 3.05) is 12.0 Å². The van der Waals surface area contributed by atoms with Gasteiger partial charge in [-0.25, -0.2) is 0 Å². The van der Waals surface area contributed by atoms with Gasteiger partial charge in [0.25, 0.3) is 0 Å². The number of rotatable bonds is 6. The van der Waals surface area contributed by atoms with Crippen LogP contribution in [0.15, 0.2) is 64.9 Å². The summed E-state index contributed by atoms with van der Waals surface area (Å²) in [6, 6.07) is 18.3. The molecule has 2 aromatic rings. The Bertz CT molecular complexity index is 537. The van der Waals surface area contributed by atoms with E-state index >= 15 is 0 Å². The Balaban J connectivity index is 1.73. The zero-order valence-electron chi connectivity index (χ0n) is 11.5. The Hall–Kier alpha value is -1.81. The second-order valence-corrected chi connectivity index (χ2v) is 5.28. The number of thiol groups is 1. The van der Waals surface area contributed by atoms with Crippen LogP contribution in [-0.2, 0) is 0 Å². The summed E-state index contributed by atoms with van der Waals surface area (Å²) >= 11 is 4.58. The molecule has 0 aromatic heterocycles. The molecule has 0 saturated carbocycles. The van der Waals surface area contributed by atoms with Crippen LogP contribution < -0.4 is 5.43 Å². The van der Waals surface area contributed by atoms with E-state index in [0.717, 1.165) is 12.1 Å². The van der Waals surface area contributed by atoms with E-state index in [4.69, 9.17) is 0 Å². The lowest BCUT2D eigenvalue weighted by molar-refractivity contribution is 0.781. The van der Waals surface area contributed by atoms with Gasteiger partial charge in [-0.2, -0.15) is 17.7 Å². The monoisotopic (exact) mass is 285 g/mol. The summed E-state index contributed by atoms with van der Waals surface area (Å²) in [5.41, 5.74) is 6.32. The average molecular weight is 285 g/mol. The Labute approximate surface area is 125 Å². The third-order valence-electron chi connectivity index (χ3n) is 2.99. The lowest BCUT2D eigenvalue weighted by Gasteiger charge is -2.08. The Morgan fingerprint density at radius 2 is 1.75 bits per heavy atom. The van der Waals surface area contributed by atoms with Gasteiger partial charge in [0.1, 0.15) is 0 Å². The van der Waals surface area contributed by atoms with Crippen LogP contribution in [0.2, 0.25) is 0 Å². The highest BCUT2D eigenvalue weighted by Crippen LogP contribution is 2.22. The molecule has 104 valence electrons. The van der Waals surface area contributed by atoms with Crippen molar-refractivity contribution in [1.82, 2.24) is 0 Å².